The van der Waals surface area contributed by atoms with Gasteiger partial charge in [0.15, 0.2) is 0 Å². The fraction of sp³-hybridized carbons (Fsp3) is 0.463. The van der Waals surface area contributed by atoms with Crippen LogP contribution < -0.4 is 44.1 Å². The van der Waals surface area contributed by atoms with E-state index in [1.54, 1.807) is 24.3 Å². The number of azide groups is 1. The van der Waals surface area contributed by atoms with Gasteiger partial charge < -0.3 is 49.3 Å². The molecule has 4 aromatic rings. The summed E-state index contributed by atoms with van der Waals surface area (Å²) in [4.78, 5) is 56.7. The summed E-state index contributed by atoms with van der Waals surface area (Å²) in [6, 6.07) is 14.9. The number of carboxylic acids is 4. The molecule has 4 N–H and O–H groups in total. The molecular formula is C54H62N7O11+. The lowest BCUT2D eigenvalue weighted by Crippen LogP contribution is -2.45. The van der Waals surface area contributed by atoms with Gasteiger partial charge in [0.05, 0.1) is 16.9 Å². The smallest absolute Gasteiger partial charge is 0.323 e. The van der Waals surface area contributed by atoms with Gasteiger partial charge in [0.2, 0.25) is 5.36 Å². The van der Waals surface area contributed by atoms with E-state index in [2.05, 4.69) is 31.6 Å². The Balaban J connectivity index is 1.19. The van der Waals surface area contributed by atoms with Crippen molar-refractivity contribution in [2.24, 2.45) is 5.11 Å². The molecule has 0 saturated carbocycles. The predicted octanol–water partition coefficient (Wildman–Crippen LogP) is 6.47. The van der Waals surface area contributed by atoms with Crippen LogP contribution in [0.4, 0.5) is 17.1 Å². The molecule has 0 fully saturated rings. The number of fused-ring (bicyclic) bond motifs is 4. The maximum absolute atomic E-state index is 12.4. The molecule has 0 radical (unpaired) electrons. The second-order valence-corrected chi connectivity index (χ2v) is 19.7. The van der Waals surface area contributed by atoms with Gasteiger partial charge in [0.25, 0.3) is 0 Å². The zero-order valence-corrected chi connectivity index (χ0v) is 40.9. The van der Waals surface area contributed by atoms with Gasteiger partial charge in [-0.2, -0.15) is 0 Å². The largest absolute Gasteiger partial charge is 0.488 e. The molecule has 2 unspecified atom stereocenters. The molecule has 0 aliphatic carbocycles. The Hall–Kier alpha value is -7.46. The Morgan fingerprint density at radius 3 is 2.08 bits per heavy atom. The Labute approximate surface area is 417 Å². The number of benzene rings is 4. The summed E-state index contributed by atoms with van der Waals surface area (Å²) in [5, 5.41) is 45.9. The Morgan fingerprint density at radius 2 is 1.39 bits per heavy atom. The maximum Gasteiger partial charge on any atom is 0.323 e. The van der Waals surface area contributed by atoms with Crippen LogP contribution in [0.3, 0.4) is 0 Å². The van der Waals surface area contributed by atoms with Crippen molar-refractivity contribution < 1.29 is 53.8 Å². The summed E-state index contributed by atoms with van der Waals surface area (Å²) in [7, 11) is 0. The third kappa shape index (κ3) is 10.6. The summed E-state index contributed by atoms with van der Waals surface area (Å²) in [5.74, 6) is -2.75. The van der Waals surface area contributed by atoms with Crippen LogP contribution in [-0.4, -0.2) is 115 Å². The fourth-order valence-electron chi connectivity index (χ4n) is 11.4. The molecule has 5 aliphatic rings. The van der Waals surface area contributed by atoms with Gasteiger partial charge in [-0.1, -0.05) is 30.6 Å². The zero-order chi connectivity index (χ0) is 50.6. The number of unbranched alkanes of at least 4 members (excludes halogenated alkanes) is 1. The highest BCUT2D eigenvalue weighted by atomic mass is 16.5. The van der Waals surface area contributed by atoms with Crippen LogP contribution in [0.2, 0.25) is 0 Å². The van der Waals surface area contributed by atoms with E-state index >= 15 is 0 Å². The predicted molar refractivity (Wildman–Crippen MR) is 270 cm³/mol. The number of carbonyl (C=O) groups is 4. The van der Waals surface area contributed by atoms with Crippen molar-refractivity contribution in [1.82, 2.24) is 4.58 Å². The Kier molecular flexibility index (Phi) is 14.8. The molecule has 18 heteroatoms. The topological polar surface area (TPSA) is 238 Å². The molecule has 18 nitrogen and oxygen atoms in total. The molecule has 5 aliphatic heterocycles. The number of nitrogens with zero attached hydrogens (tertiary/aromatic N) is 7. The average molecular weight is 985 g/mol. The van der Waals surface area contributed by atoms with Crippen molar-refractivity contribution in [3.8, 4) is 23.0 Å². The van der Waals surface area contributed by atoms with Gasteiger partial charge in [0, 0.05) is 70.1 Å². The van der Waals surface area contributed by atoms with E-state index in [-0.39, 0.29) is 35.5 Å². The number of rotatable bonds is 22. The molecule has 4 aromatic carbocycles. The van der Waals surface area contributed by atoms with Gasteiger partial charge in [-0.25, -0.2) is 4.58 Å². The number of aryl methyl sites for hydroxylation is 3. The van der Waals surface area contributed by atoms with Crippen molar-refractivity contribution in [3.63, 3.8) is 0 Å². The molecule has 0 spiro atoms. The average Bonchev–Trinajstić information content (AvgIpc) is 3.33. The number of hydrogen-bond acceptors (Lipinski definition) is 11. The van der Waals surface area contributed by atoms with Gasteiger partial charge >= 0.3 is 23.9 Å². The summed E-state index contributed by atoms with van der Waals surface area (Å²) >= 11 is 0. The lowest BCUT2D eigenvalue weighted by atomic mass is 9.82. The maximum atomic E-state index is 12.4. The number of aliphatic carboxylic acids is 4. The third-order valence-corrected chi connectivity index (χ3v) is 14.4. The first kappa shape index (κ1) is 49.5. The van der Waals surface area contributed by atoms with Crippen molar-refractivity contribution in [2.75, 3.05) is 73.7 Å². The molecule has 0 saturated heterocycles. The summed E-state index contributed by atoms with van der Waals surface area (Å²) in [5.41, 5.74) is 19.3. The van der Waals surface area contributed by atoms with Gasteiger partial charge in [-0.05, 0) is 123 Å². The number of ether oxygens (including phenoxy) is 3. The lowest BCUT2D eigenvalue weighted by Gasteiger charge is -2.39. The van der Waals surface area contributed by atoms with Crippen LogP contribution in [0.5, 0.6) is 23.0 Å². The quantitative estimate of drug-likeness (QED) is 0.0191. The minimum atomic E-state index is -1.23. The van der Waals surface area contributed by atoms with E-state index in [0.29, 0.717) is 25.7 Å². The number of hydrogen-bond donors (Lipinski definition) is 4. The minimum absolute atomic E-state index is 0.131. The van der Waals surface area contributed by atoms with E-state index in [0.717, 1.165) is 117 Å². The normalized spacial score (nSPS) is 15.8. The highest BCUT2D eigenvalue weighted by molar-refractivity contribution is 5.91. The summed E-state index contributed by atoms with van der Waals surface area (Å²) in [6.07, 6.45) is 9.20. The van der Waals surface area contributed by atoms with E-state index in [9.17, 15) is 39.6 Å². The van der Waals surface area contributed by atoms with Gasteiger partial charge in [0.1, 0.15) is 75.0 Å². The van der Waals surface area contributed by atoms with Crippen molar-refractivity contribution in [2.45, 2.75) is 103 Å². The molecule has 9 rings (SSSR count). The Morgan fingerprint density at radius 1 is 0.764 bits per heavy atom. The van der Waals surface area contributed by atoms with Gasteiger partial charge in [-0.15, -0.1) is 0 Å². The van der Waals surface area contributed by atoms with Crippen molar-refractivity contribution in [1.29, 1.82) is 0 Å². The molecular weight excluding hydrogens is 923 g/mol. The number of anilines is 3. The fourth-order valence-corrected chi connectivity index (χ4v) is 11.4. The second kappa shape index (κ2) is 21.5. The standard InChI is InChI=1S/C54H61N7O11/c1-32-15-17-43(61(29-48(66)67)30-49(68)69)45(23-32)71-37(12-4-3-9-33(2)56-57-55)31-70-44-26-34(16-18-42(44)60(27-46(62)63)28-47(64)65)50-40-24-35-10-5-19-58-21-7-13-38(51(35)58)53(40)72-54-39-14-8-22-59-20-6-11-36(52(39)59)25-41(50)54/h15-18,23-26,33,37H,3-14,19-22,27-31H2,1-2H3,(H3-,62,63,64,65,66,67,68,69)/p+1. The number of carboxylic acid groups (broad SMARTS) is 4. The highest BCUT2D eigenvalue weighted by Crippen LogP contribution is 2.49. The molecule has 0 bridgehead atoms. The minimum Gasteiger partial charge on any atom is -0.488 e. The third-order valence-electron chi connectivity index (χ3n) is 14.4. The van der Waals surface area contributed by atoms with E-state index in [1.165, 1.54) is 43.1 Å². The van der Waals surface area contributed by atoms with Crippen LogP contribution in [0.25, 0.3) is 16.0 Å². The van der Waals surface area contributed by atoms with Crippen molar-refractivity contribution in [3.05, 3.63) is 108 Å². The zero-order valence-electron chi connectivity index (χ0n) is 40.9. The van der Waals surface area contributed by atoms with Crippen LogP contribution in [-0.2, 0) is 44.9 Å². The first-order valence-electron chi connectivity index (χ1n) is 25.1. The summed E-state index contributed by atoms with van der Waals surface area (Å²) in [6.45, 7) is 5.05. The Bertz CT molecular complexity index is 2970. The molecule has 378 valence electrons. The van der Waals surface area contributed by atoms with Gasteiger partial charge in [-0.3, -0.25) is 19.2 Å². The highest BCUT2D eigenvalue weighted by Gasteiger charge is 2.36. The second-order valence-electron chi connectivity index (χ2n) is 19.7. The van der Waals surface area contributed by atoms with Crippen LogP contribution in [0.15, 0.2) is 53.6 Å². The van der Waals surface area contributed by atoms with E-state index in [4.69, 9.17) is 19.7 Å². The molecule has 2 atom stereocenters. The lowest BCUT2D eigenvalue weighted by molar-refractivity contribution is -0.138. The molecule has 5 heterocycles. The van der Waals surface area contributed by atoms with E-state index < -0.39 is 56.2 Å². The SMILES string of the molecule is Cc1ccc(N(CC(=O)O)CC(=O)O)c(OC(CCCCC(C)N=[N+]=[N-])COc2cc(C3=c4cc5c6c(c4Oc4c3cc3c7c4CCCN7CCC3)CCC[N+]=6CCC5)ccc2N(CC(=O)O)CC(=O)O)c1. The van der Waals surface area contributed by atoms with E-state index in [1.807, 2.05) is 26.0 Å². The summed E-state index contributed by atoms with van der Waals surface area (Å²) < 4.78 is 23.4. The monoisotopic (exact) mass is 984 g/mol. The molecule has 0 amide bonds. The van der Waals surface area contributed by atoms with Crippen LogP contribution in [0, 0.1) is 6.92 Å². The first-order valence-corrected chi connectivity index (χ1v) is 25.1. The van der Waals surface area contributed by atoms with Crippen LogP contribution in [0.1, 0.15) is 97.2 Å². The van der Waals surface area contributed by atoms with Crippen molar-refractivity contribution >= 4 is 46.5 Å². The first-order chi connectivity index (χ1) is 34.8. The molecule has 0 aromatic heterocycles. The van der Waals surface area contributed by atoms with Crippen LogP contribution >= 0.6 is 0 Å². The molecule has 72 heavy (non-hydrogen) atoms.